The van der Waals surface area contributed by atoms with E-state index in [0.717, 1.165) is 28.9 Å². The van der Waals surface area contributed by atoms with Gasteiger partial charge in [-0.1, -0.05) is 0 Å². The van der Waals surface area contributed by atoms with Crippen LogP contribution in [0.25, 0.3) is 11.3 Å². The second-order valence-electron chi connectivity index (χ2n) is 3.51. The molecule has 2 aromatic rings. The van der Waals surface area contributed by atoms with Crippen molar-refractivity contribution in [1.82, 2.24) is 10.2 Å². The third-order valence-corrected chi connectivity index (χ3v) is 2.43. The summed E-state index contributed by atoms with van der Waals surface area (Å²) in [5, 5.41) is 6.74. The largest absolute Gasteiger partial charge is 0.497 e. The highest BCUT2D eigenvalue weighted by molar-refractivity contribution is 5.76. The number of aromatic nitrogens is 2. The van der Waals surface area contributed by atoms with Gasteiger partial charge in [-0.2, -0.15) is 5.10 Å². The average molecular weight is 216 g/mol. The van der Waals surface area contributed by atoms with Gasteiger partial charge >= 0.3 is 0 Å². The number of aldehydes is 1. The molecule has 0 atom stereocenters. The Morgan fingerprint density at radius 2 is 2.19 bits per heavy atom. The number of hydrogen-bond acceptors (Lipinski definition) is 3. The second-order valence-corrected chi connectivity index (χ2v) is 3.51. The van der Waals surface area contributed by atoms with Crippen LogP contribution >= 0.6 is 0 Å². The Balaban J connectivity index is 2.43. The minimum Gasteiger partial charge on any atom is -0.497 e. The maximum absolute atomic E-state index is 10.5. The minimum atomic E-state index is 0.477. The predicted octanol–water partition coefficient (Wildman–Crippen LogP) is 2.21. The normalized spacial score (nSPS) is 10.1. The Kier molecular flexibility index (Phi) is 2.72. The van der Waals surface area contributed by atoms with Gasteiger partial charge in [-0.25, -0.2) is 0 Å². The van der Waals surface area contributed by atoms with Gasteiger partial charge in [-0.05, 0) is 36.8 Å². The van der Waals surface area contributed by atoms with Crippen molar-refractivity contribution in [1.29, 1.82) is 0 Å². The van der Waals surface area contributed by atoms with E-state index in [-0.39, 0.29) is 0 Å². The molecule has 1 N–H and O–H groups in total. The third kappa shape index (κ3) is 1.82. The molecule has 1 aromatic carbocycles. The Labute approximate surface area is 93.3 Å². The first-order valence-electron chi connectivity index (χ1n) is 4.90. The molecule has 82 valence electrons. The highest BCUT2D eigenvalue weighted by Crippen LogP contribution is 2.25. The van der Waals surface area contributed by atoms with Gasteiger partial charge in [-0.3, -0.25) is 9.89 Å². The van der Waals surface area contributed by atoms with Crippen LogP contribution in [0.4, 0.5) is 0 Å². The predicted molar refractivity (Wildman–Crippen MR) is 60.7 cm³/mol. The summed E-state index contributed by atoms with van der Waals surface area (Å²) in [5.74, 6) is 0.812. The van der Waals surface area contributed by atoms with Crippen molar-refractivity contribution in [2.24, 2.45) is 0 Å². The summed E-state index contributed by atoms with van der Waals surface area (Å²) in [6.07, 6.45) is 0.745. The fourth-order valence-electron chi connectivity index (χ4n) is 1.59. The fraction of sp³-hybridized carbons (Fsp3) is 0.167. The number of aryl methyl sites for hydroxylation is 1. The number of benzene rings is 1. The van der Waals surface area contributed by atoms with E-state index < -0.39 is 0 Å². The summed E-state index contributed by atoms with van der Waals surface area (Å²) in [4.78, 5) is 10.5. The van der Waals surface area contributed by atoms with E-state index in [0.29, 0.717) is 5.69 Å². The number of aromatic amines is 1. The zero-order chi connectivity index (χ0) is 11.5. The Bertz CT molecular complexity index is 517. The quantitative estimate of drug-likeness (QED) is 0.800. The number of carbonyl (C=O) groups is 1. The van der Waals surface area contributed by atoms with E-state index in [1.165, 1.54) is 0 Å². The zero-order valence-corrected chi connectivity index (χ0v) is 9.15. The van der Waals surface area contributed by atoms with Crippen LogP contribution in [0.5, 0.6) is 5.75 Å². The highest BCUT2D eigenvalue weighted by Gasteiger charge is 2.07. The molecule has 0 saturated heterocycles. The lowest BCUT2D eigenvalue weighted by Gasteiger charge is -2.05. The zero-order valence-electron chi connectivity index (χ0n) is 9.15. The van der Waals surface area contributed by atoms with E-state index >= 15 is 0 Å². The van der Waals surface area contributed by atoms with Crippen LogP contribution in [0.1, 0.15) is 16.1 Å². The first-order valence-corrected chi connectivity index (χ1v) is 4.90. The fourth-order valence-corrected chi connectivity index (χ4v) is 1.59. The molecule has 0 radical (unpaired) electrons. The number of nitrogens with one attached hydrogen (secondary N) is 1. The van der Waals surface area contributed by atoms with E-state index in [1.807, 2.05) is 25.1 Å². The van der Waals surface area contributed by atoms with E-state index in [9.17, 15) is 4.79 Å². The van der Waals surface area contributed by atoms with Gasteiger partial charge in [-0.15, -0.1) is 0 Å². The van der Waals surface area contributed by atoms with Crippen LogP contribution < -0.4 is 4.74 Å². The van der Waals surface area contributed by atoms with E-state index in [4.69, 9.17) is 4.74 Å². The lowest BCUT2D eigenvalue weighted by molar-refractivity contribution is 0.111. The van der Waals surface area contributed by atoms with Crippen molar-refractivity contribution in [3.63, 3.8) is 0 Å². The summed E-state index contributed by atoms with van der Waals surface area (Å²) < 4.78 is 5.13. The van der Waals surface area contributed by atoms with Gasteiger partial charge in [0.2, 0.25) is 0 Å². The lowest BCUT2D eigenvalue weighted by Crippen LogP contribution is -1.87. The Morgan fingerprint density at radius 3 is 2.75 bits per heavy atom. The number of carbonyl (C=O) groups excluding carboxylic acids is 1. The summed E-state index contributed by atoms with van der Waals surface area (Å²) in [6.45, 7) is 1.98. The van der Waals surface area contributed by atoms with Gasteiger partial charge in [0.05, 0.1) is 18.5 Å². The molecule has 0 aliphatic heterocycles. The molecule has 0 amide bonds. The maximum atomic E-state index is 10.5. The molecule has 4 nitrogen and oxygen atoms in total. The molecule has 0 spiro atoms. The molecular formula is C12H12N2O2. The van der Waals surface area contributed by atoms with E-state index in [1.54, 1.807) is 13.2 Å². The molecule has 0 bridgehead atoms. The molecule has 0 aliphatic carbocycles. The molecule has 16 heavy (non-hydrogen) atoms. The minimum absolute atomic E-state index is 0.477. The van der Waals surface area contributed by atoms with Gasteiger partial charge in [0.25, 0.3) is 0 Å². The van der Waals surface area contributed by atoms with Crippen LogP contribution in [0.3, 0.4) is 0 Å². The van der Waals surface area contributed by atoms with Crippen molar-refractivity contribution >= 4 is 6.29 Å². The summed E-state index contributed by atoms with van der Waals surface area (Å²) in [6, 6.07) is 7.46. The van der Waals surface area contributed by atoms with Gasteiger partial charge in [0, 0.05) is 5.56 Å². The first kappa shape index (κ1) is 10.4. The third-order valence-electron chi connectivity index (χ3n) is 2.43. The van der Waals surface area contributed by atoms with Crippen LogP contribution in [-0.4, -0.2) is 23.6 Å². The van der Waals surface area contributed by atoms with Crippen molar-refractivity contribution in [3.8, 4) is 17.0 Å². The molecule has 0 unspecified atom stereocenters. The highest BCUT2D eigenvalue weighted by atomic mass is 16.5. The summed E-state index contributed by atoms with van der Waals surface area (Å²) in [7, 11) is 1.63. The van der Waals surface area contributed by atoms with E-state index in [2.05, 4.69) is 10.2 Å². The van der Waals surface area contributed by atoms with Crippen LogP contribution in [0.15, 0.2) is 24.3 Å². The average Bonchev–Trinajstić information content (AvgIpc) is 2.77. The van der Waals surface area contributed by atoms with Crippen molar-refractivity contribution < 1.29 is 9.53 Å². The Morgan fingerprint density at radius 1 is 1.38 bits per heavy atom. The Hall–Kier alpha value is -2.10. The standard InChI is InChI=1S/C12H12N2O2/c1-8-5-10(16-2)3-4-11(8)12-6-9(7-15)13-14-12/h3-7H,1-2H3,(H,13,14). The second kappa shape index (κ2) is 4.18. The number of rotatable bonds is 3. The van der Waals surface area contributed by atoms with Crippen LogP contribution in [0, 0.1) is 6.92 Å². The number of hydrogen-bond donors (Lipinski definition) is 1. The van der Waals surface area contributed by atoms with Crippen molar-refractivity contribution in [2.75, 3.05) is 7.11 Å². The SMILES string of the molecule is COc1ccc(-c2cc(C=O)[nH]n2)c(C)c1. The molecule has 0 aliphatic rings. The van der Waals surface area contributed by atoms with Crippen molar-refractivity contribution in [2.45, 2.75) is 6.92 Å². The van der Waals surface area contributed by atoms with Gasteiger partial charge in [0.1, 0.15) is 5.75 Å². The van der Waals surface area contributed by atoms with Gasteiger partial charge in [0.15, 0.2) is 6.29 Å². The van der Waals surface area contributed by atoms with Gasteiger partial charge < -0.3 is 4.74 Å². The number of nitrogens with zero attached hydrogens (tertiary/aromatic N) is 1. The first-order chi connectivity index (χ1) is 7.74. The molecule has 1 heterocycles. The number of H-pyrrole nitrogens is 1. The lowest BCUT2D eigenvalue weighted by atomic mass is 10.1. The number of ether oxygens (including phenoxy) is 1. The summed E-state index contributed by atoms with van der Waals surface area (Å²) >= 11 is 0. The molecule has 0 fully saturated rings. The molecule has 4 heteroatoms. The molecule has 1 aromatic heterocycles. The smallest absolute Gasteiger partial charge is 0.167 e. The molecular weight excluding hydrogens is 204 g/mol. The van der Waals surface area contributed by atoms with Crippen LogP contribution in [0.2, 0.25) is 0 Å². The monoisotopic (exact) mass is 216 g/mol. The topological polar surface area (TPSA) is 55.0 Å². The molecule has 0 saturated carbocycles. The van der Waals surface area contributed by atoms with Crippen molar-refractivity contribution in [3.05, 3.63) is 35.5 Å². The molecule has 2 rings (SSSR count). The maximum Gasteiger partial charge on any atom is 0.167 e. The summed E-state index contributed by atoms with van der Waals surface area (Å²) in [5.41, 5.74) is 3.29. The van der Waals surface area contributed by atoms with Crippen LogP contribution in [-0.2, 0) is 0 Å². The number of methoxy groups -OCH3 is 1.